The van der Waals surface area contributed by atoms with Crippen molar-refractivity contribution in [1.29, 1.82) is 0 Å². The summed E-state index contributed by atoms with van der Waals surface area (Å²) in [5.74, 6) is 0. The first-order valence-corrected chi connectivity index (χ1v) is 8.82. The Balaban J connectivity index is 2.38. The van der Waals surface area contributed by atoms with Crippen molar-refractivity contribution in [3.05, 3.63) is 63.7 Å². The highest BCUT2D eigenvalue weighted by molar-refractivity contribution is 7.89. The minimum atomic E-state index is -3.54. The number of nitrogens with zero attached hydrogens (tertiary/aromatic N) is 1. The number of rotatable bonds is 4. The third kappa shape index (κ3) is 3.51. The number of hydrogen-bond acceptors (Lipinski definition) is 2. The molecule has 0 aliphatic heterocycles. The first kappa shape index (κ1) is 17.0. The molecular formula is C17H20ClNO2S. The van der Waals surface area contributed by atoms with Gasteiger partial charge in [0.25, 0.3) is 0 Å². The molecule has 0 heterocycles. The maximum absolute atomic E-state index is 12.9. The normalized spacial score (nSPS) is 11.9. The van der Waals surface area contributed by atoms with E-state index in [-0.39, 0.29) is 6.54 Å². The molecule has 0 bridgehead atoms. The van der Waals surface area contributed by atoms with Gasteiger partial charge in [0.05, 0.1) is 4.90 Å². The van der Waals surface area contributed by atoms with Crippen LogP contribution in [0, 0.1) is 20.8 Å². The van der Waals surface area contributed by atoms with Gasteiger partial charge >= 0.3 is 0 Å². The van der Waals surface area contributed by atoms with Crippen molar-refractivity contribution >= 4 is 21.6 Å². The molecule has 2 rings (SSSR count). The van der Waals surface area contributed by atoms with E-state index in [1.54, 1.807) is 19.2 Å². The molecular weight excluding hydrogens is 318 g/mol. The number of benzene rings is 2. The minimum Gasteiger partial charge on any atom is -0.207 e. The molecule has 0 aliphatic rings. The van der Waals surface area contributed by atoms with Gasteiger partial charge in [0.2, 0.25) is 10.0 Å². The van der Waals surface area contributed by atoms with Gasteiger partial charge in [-0.2, -0.15) is 4.31 Å². The lowest BCUT2D eigenvalue weighted by molar-refractivity contribution is 0.466. The van der Waals surface area contributed by atoms with Gasteiger partial charge in [0.1, 0.15) is 0 Å². The van der Waals surface area contributed by atoms with E-state index in [1.807, 2.05) is 45.0 Å². The Kier molecular flexibility index (Phi) is 4.95. The Bertz CT molecular complexity index is 777. The maximum atomic E-state index is 12.9. The highest BCUT2D eigenvalue weighted by atomic mass is 35.5. The third-order valence-electron chi connectivity index (χ3n) is 3.57. The minimum absolute atomic E-state index is 0.287. The second kappa shape index (κ2) is 6.41. The standard InChI is InChI=1S/C17H20ClNO2S/c1-12-8-13(2)17(14(3)9-12)22(20,21)19(4)11-15-6-5-7-16(18)10-15/h5-10H,11H2,1-4H3. The van der Waals surface area contributed by atoms with E-state index in [0.29, 0.717) is 9.92 Å². The molecule has 118 valence electrons. The van der Waals surface area contributed by atoms with Gasteiger partial charge in [0.15, 0.2) is 0 Å². The average molecular weight is 338 g/mol. The third-order valence-corrected chi connectivity index (χ3v) is 5.91. The Hall–Kier alpha value is -1.36. The van der Waals surface area contributed by atoms with E-state index in [9.17, 15) is 8.42 Å². The largest absolute Gasteiger partial charge is 0.243 e. The number of hydrogen-bond donors (Lipinski definition) is 0. The summed E-state index contributed by atoms with van der Waals surface area (Å²) in [5.41, 5.74) is 3.47. The van der Waals surface area contributed by atoms with Crippen molar-refractivity contribution in [3.63, 3.8) is 0 Å². The summed E-state index contributed by atoms with van der Waals surface area (Å²) < 4.78 is 27.1. The lowest BCUT2D eigenvalue weighted by Gasteiger charge is -2.20. The topological polar surface area (TPSA) is 37.4 Å². The SMILES string of the molecule is Cc1cc(C)c(S(=O)(=O)N(C)Cc2cccc(Cl)c2)c(C)c1. The van der Waals surface area contributed by atoms with E-state index in [2.05, 4.69) is 0 Å². The summed E-state index contributed by atoms with van der Waals surface area (Å²) in [6, 6.07) is 11.0. The van der Waals surface area contributed by atoms with Gasteiger partial charge in [-0.3, -0.25) is 0 Å². The molecule has 0 fully saturated rings. The molecule has 0 aromatic heterocycles. The lowest BCUT2D eigenvalue weighted by Crippen LogP contribution is -2.27. The molecule has 3 nitrogen and oxygen atoms in total. The molecule has 2 aromatic rings. The summed E-state index contributed by atoms with van der Waals surface area (Å²) in [4.78, 5) is 0.391. The highest BCUT2D eigenvalue weighted by Crippen LogP contribution is 2.25. The molecule has 0 unspecified atom stereocenters. The molecule has 0 N–H and O–H groups in total. The Morgan fingerprint density at radius 1 is 1.05 bits per heavy atom. The van der Waals surface area contributed by atoms with Gasteiger partial charge in [-0.25, -0.2) is 8.42 Å². The number of aryl methyl sites for hydroxylation is 3. The maximum Gasteiger partial charge on any atom is 0.243 e. The Morgan fingerprint density at radius 3 is 2.18 bits per heavy atom. The van der Waals surface area contributed by atoms with E-state index in [4.69, 9.17) is 11.6 Å². The van der Waals surface area contributed by atoms with Crippen LogP contribution in [0.5, 0.6) is 0 Å². The number of halogens is 1. The van der Waals surface area contributed by atoms with Crippen LogP contribution in [0.4, 0.5) is 0 Å². The molecule has 0 atom stereocenters. The van der Waals surface area contributed by atoms with E-state index >= 15 is 0 Å². The van der Waals surface area contributed by atoms with Crippen LogP contribution < -0.4 is 0 Å². The molecule has 5 heteroatoms. The zero-order valence-corrected chi connectivity index (χ0v) is 14.8. The molecule has 22 heavy (non-hydrogen) atoms. The first-order chi connectivity index (χ1) is 10.2. The van der Waals surface area contributed by atoms with Crippen LogP contribution in [0.25, 0.3) is 0 Å². The summed E-state index contributed by atoms with van der Waals surface area (Å²) >= 11 is 5.96. The van der Waals surface area contributed by atoms with Gasteiger partial charge in [-0.15, -0.1) is 0 Å². The van der Waals surface area contributed by atoms with Crippen LogP contribution >= 0.6 is 11.6 Å². The molecule has 0 saturated carbocycles. The predicted octanol–water partition coefficient (Wildman–Crippen LogP) is 4.09. The van der Waals surface area contributed by atoms with Crippen molar-refractivity contribution < 1.29 is 8.42 Å². The van der Waals surface area contributed by atoms with Gasteiger partial charge in [-0.05, 0) is 49.6 Å². The molecule has 0 amide bonds. The van der Waals surface area contributed by atoms with Crippen molar-refractivity contribution in [2.45, 2.75) is 32.2 Å². The molecule has 2 aromatic carbocycles. The van der Waals surface area contributed by atoms with Crippen LogP contribution in [-0.4, -0.2) is 19.8 Å². The summed E-state index contributed by atoms with van der Waals surface area (Å²) in [6.45, 7) is 5.92. The predicted molar refractivity (Wildman–Crippen MR) is 90.8 cm³/mol. The van der Waals surface area contributed by atoms with E-state index in [1.165, 1.54) is 4.31 Å². The van der Waals surface area contributed by atoms with Crippen molar-refractivity contribution in [2.24, 2.45) is 0 Å². The zero-order chi connectivity index (χ0) is 16.5. The average Bonchev–Trinajstić information content (AvgIpc) is 2.36. The second-order valence-corrected chi connectivity index (χ2v) is 8.04. The smallest absolute Gasteiger partial charge is 0.207 e. The summed E-state index contributed by atoms with van der Waals surface area (Å²) in [5, 5.41) is 0.603. The lowest BCUT2D eigenvalue weighted by atomic mass is 10.1. The van der Waals surface area contributed by atoms with Crippen molar-refractivity contribution in [2.75, 3.05) is 7.05 Å². The first-order valence-electron chi connectivity index (χ1n) is 7.00. The highest BCUT2D eigenvalue weighted by Gasteiger charge is 2.25. The summed E-state index contributed by atoms with van der Waals surface area (Å²) in [7, 11) is -1.95. The van der Waals surface area contributed by atoms with Crippen LogP contribution in [-0.2, 0) is 16.6 Å². The fraction of sp³-hybridized carbons (Fsp3) is 0.294. The molecule has 0 saturated heterocycles. The Labute approximate surface area is 137 Å². The second-order valence-electron chi connectivity index (χ2n) is 5.62. The van der Waals surface area contributed by atoms with Crippen LogP contribution in [0.15, 0.2) is 41.3 Å². The van der Waals surface area contributed by atoms with Crippen LogP contribution in [0.1, 0.15) is 22.3 Å². The Morgan fingerprint density at radius 2 is 1.64 bits per heavy atom. The fourth-order valence-electron chi connectivity index (χ4n) is 2.71. The van der Waals surface area contributed by atoms with Crippen molar-refractivity contribution in [1.82, 2.24) is 4.31 Å². The summed E-state index contributed by atoms with van der Waals surface area (Å²) in [6.07, 6.45) is 0. The molecule has 0 aliphatic carbocycles. The van der Waals surface area contributed by atoms with Gasteiger partial charge in [-0.1, -0.05) is 41.4 Å². The monoisotopic (exact) mass is 337 g/mol. The van der Waals surface area contributed by atoms with Crippen molar-refractivity contribution in [3.8, 4) is 0 Å². The van der Waals surface area contributed by atoms with Gasteiger partial charge < -0.3 is 0 Å². The zero-order valence-electron chi connectivity index (χ0n) is 13.2. The van der Waals surface area contributed by atoms with Gasteiger partial charge in [0, 0.05) is 18.6 Å². The van der Waals surface area contributed by atoms with E-state index in [0.717, 1.165) is 22.3 Å². The van der Waals surface area contributed by atoms with E-state index < -0.39 is 10.0 Å². The van der Waals surface area contributed by atoms with Crippen LogP contribution in [0.3, 0.4) is 0 Å². The molecule has 0 spiro atoms. The molecule has 0 radical (unpaired) electrons. The fourth-order valence-corrected chi connectivity index (χ4v) is 4.48. The number of sulfonamides is 1. The quantitative estimate of drug-likeness (QED) is 0.842. The van der Waals surface area contributed by atoms with Crippen LogP contribution in [0.2, 0.25) is 5.02 Å².